The van der Waals surface area contributed by atoms with Gasteiger partial charge in [0, 0.05) is 0 Å². The summed E-state index contributed by atoms with van der Waals surface area (Å²) < 4.78 is 0. The Morgan fingerprint density at radius 1 is 0.815 bits per heavy atom. The fraction of sp³-hybridized carbons (Fsp3) is 0.227. The van der Waals surface area contributed by atoms with E-state index in [1.165, 1.54) is 0 Å². The third-order valence-corrected chi connectivity index (χ3v) is 4.88. The quantitative estimate of drug-likeness (QED) is 0.651. The molecule has 1 fully saturated rings. The fourth-order valence-electron chi connectivity index (χ4n) is 3.32. The van der Waals surface area contributed by atoms with Gasteiger partial charge in [-0.25, -0.2) is 9.69 Å². The molecule has 1 N–H and O–H groups in total. The molecule has 138 valence electrons. The Hall–Kier alpha value is -3.21. The van der Waals surface area contributed by atoms with Crippen molar-refractivity contribution in [3.63, 3.8) is 0 Å². The second-order valence-electron chi connectivity index (χ2n) is 7.04. The van der Waals surface area contributed by atoms with Gasteiger partial charge in [0.15, 0.2) is 0 Å². The lowest BCUT2D eigenvalue weighted by molar-refractivity contribution is -0.122. The molecule has 0 unspecified atom stereocenters. The number of aryl methyl sites for hydroxylation is 5. The summed E-state index contributed by atoms with van der Waals surface area (Å²) in [4.78, 5) is 38.7. The number of hydrogen-bond donors (Lipinski definition) is 1. The molecule has 1 heterocycles. The van der Waals surface area contributed by atoms with Crippen LogP contribution in [0.4, 0.5) is 10.5 Å². The minimum absolute atomic E-state index is 0.0529. The highest BCUT2D eigenvalue weighted by Crippen LogP contribution is 2.26. The van der Waals surface area contributed by atoms with Crippen molar-refractivity contribution in [2.24, 2.45) is 0 Å². The van der Waals surface area contributed by atoms with Gasteiger partial charge in [0.2, 0.25) is 0 Å². The Bertz CT molecular complexity index is 995. The number of amides is 4. The normalized spacial score (nSPS) is 16.1. The van der Waals surface area contributed by atoms with Crippen LogP contribution >= 0.6 is 0 Å². The van der Waals surface area contributed by atoms with E-state index in [0.29, 0.717) is 5.69 Å². The molecule has 5 nitrogen and oxygen atoms in total. The molecule has 2 aromatic rings. The van der Waals surface area contributed by atoms with Gasteiger partial charge in [-0.1, -0.05) is 23.8 Å². The highest BCUT2D eigenvalue weighted by molar-refractivity contribution is 6.39. The molecule has 0 radical (unpaired) electrons. The third kappa shape index (κ3) is 3.40. The Morgan fingerprint density at radius 3 is 2.04 bits per heavy atom. The summed E-state index contributed by atoms with van der Waals surface area (Å²) in [5.74, 6) is -1.30. The van der Waals surface area contributed by atoms with E-state index in [1.807, 2.05) is 52.8 Å². The lowest BCUT2D eigenvalue weighted by Gasteiger charge is -2.27. The molecule has 2 aromatic carbocycles. The van der Waals surface area contributed by atoms with Gasteiger partial charge in [0.1, 0.15) is 5.57 Å². The molecule has 0 aromatic heterocycles. The van der Waals surface area contributed by atoms with Crippen molar-refractivity contribution in [2.45, 2.75) is 34.6 Å². The SMILES string of the molecule is Cc1cc(C)c(/C=C2\C(=O)NC(=O)N(c3ccc(C)c(C)c3)C2=O)c(C)c1. The van der Waals surface area contributed by atoms with Crippen molar-refractivity contribution in [1.82, 2.24) is 5.32 Å². The number of rotatable bonds is 2. The maximum absolute atomic E-state index is 13.0. The third-order valence-electron chi connectivity index (χ3n) is 4.88. The van der Waals surface area contributed by atoms with E-state index < -0.39 is 17.8 Å². The number of nitrogens with one attached hydrogen (secondary N) is 1. The molecule has 0 atom stereocenters. The van der Waals surface area contributed by atoms with Crippen LogP contribution in [0.3, 0.4) is 0 Å². The average molecular weight is 362 g/mol. The molecule has 0 saturated carbocycles. The largest absolute Gasteiger partial charge is 0.335 e. The molecule has 1 aliphatic rings. The van der Waals surface area contributed by atoms with Crippen molar-refractivity contribution in [1.29, 1.82) is 0 Å². The number of hydrogen-bond acceptors (Lipinski definition) is 3. The zero-order chi connectivity index (χ0) is 19.9. The molecular formula is C22H22N2O3. The van der Waals surface area contributed by atoms with Crippen molar-refractivity contribution >= 4 is 29.6 Å². The minimum atomic E-state index is -0.734. The summed E-state index contributed by atoms with van der Waals surface area (Å²) in [5, 5.41) is 2.27. The van der Waals surface area contributed by atoms with E-state index in [2.05, 4.69) is 5.32 Å². The summed E-state index contributed by atoms with van der Waals surface area (Å²) in [6, 6.07) is 8.58. The van der Waals surface area contributed by atoms with Crippen molar-refractivity contribution < 1.29 is 14.4 Å². The first-order chi connectivity index (χ1) is 12.7. The molecule has 5 heteroatoms. The molecule has 3 rings (SSSR count). The topological polar surface area (TPSA) is 66.5 Å². The molecule has 1 saturated heterocycles. The van der Waals surface area contributed by atoms with Gasteiger partial charge in [-0.05, 0) is 80.6 Å². The molecule has 4 amide bonds. The smallest absolute Gasteiger partial charge is 0.273 e. The zero-order valence-corrected chi connectivity index (χ0v) is 16.1. The minimum Gasteiger partial charge on any atom is -0.273 e. The Labute approximate surface area is 158 Å². The summed E-state index contributed by atoms with van der Waals surface area (Å²) in [7, 11) is 0. The maximum Gasteiger partial charge on any atom is 0.335 e. The summed E-state index contributed by atoms with van der Waals surface area (Å²) >= 11 is 0. The second kappa shape index (κ2) is 6.83. The molecule has 27 heavy (non-hydrogen) atoms. The predicted octanol–water partition coefficient (Wildman–Crippen LogP) is 3.90. The van der Waals surface area contributed by atoms with Crippen LogP contribution in [-0.2, 0) is 9.59 Å². The molecule has 0 aliphatic carbocycles. The van der Waals surface area contributed by atoms with Crippen molar-refractivity contribution in [3.8, 4) is 0 Å². The van der Waals surface area contributed by atoms with Crippen LogP contribution in [0, 0.1) is 34.6 Å². The number of imide groups is 2. The number of benzene rings is 2. The number of carbonyl (C=O) groups is 3. The summed E-state index contributed by atoms with van der Waals surface area (Å²) in [5.41, 5.74) is 6.26. The monoisotopic (exact) mass is 362 g/mol. The van der Waals surface area contributed by atoms with Crippen molar-refractivity contribution in [3.05, 3.63) is 69.3 Å². The lowest BCUT2D eigenvalue weighted by atomic mass is 9.96. The van der Waals surface area contributed by atoms with Gasteiger partial charge in [0.25, 0.3) is 11.8 Å². The number of nitrogens with zero attached hydrogens (tertiary/aromatic N) is 1. The second-order valence-corrected chi connectivity index (χ2v) is 7.04. The first-order valence-corrected chi connectivity index (χ1v) is 8.75. The molecular weight excluding hydrogens is 340 g/mol. The van der Waals surface area contributed by atoms with Gasteiger partial charge in [0.05, 0.1) is 5.69 Å². The zero-order valence-electron chi connectivity index (χ0n) is 16.1. The number of carbonyl (C=O) groups excluding carboxylic acids is 3. The first kappa shape index (κ1) is 18.6. The Balaban J connectivity index is 2.09. The van der Waals surface area contributed by atoms with Gasteiger partial charge < -0.3 is 0 Å². The van der Waals surface area contributed by atoms with Crippen LogP contribution in [0.15, 0.2) is 35.9 Å². The Morgan fingerprint density at radius 2 is 1.44 bits per heavy atom. The van der Waals surface area contributed by atoms with E-state index in [9.17, 15) is 14.4 Å². The van der Waals surface area contributed by atoms with Gasteiger partial charge in [-0.3, -0.25) is 14.9 Å². The van der Waals surface area contributed by atoms with E-state index in [0.717, 1.165) is 38.3 Å². The maximum atomic E-state index is 13.0. The number of barbiturate groups is 1. The van der Waals surface area contributed by atoms with Crippen LogP contribution in [-0.4, -0.2) is 17.8 Å². The van der Waals surface area contributed by atoms with Crippen LogP contribution in [0.25, 0.3) is 6.08 Å². The van der Waals surface area contributed by atoms with Crippen LogP contribution < -0.4 is 10.2 Å². The van der Waals surface area contributed by atoms with Gasteiger partial charge in [-0.2, -0.15) is 0 Å². The average Bonchev–Trinajstić information content (AvgIpc) is 2.56. The van der Waals surface area contributed by atoms with Crippen LogP contribution in [0.5, 0.6) is 0 Å². The summed E-state index contributed by atoms with van der Waals surface area (Å²) in [6.45, 7) is 9.73. The molecule has 1 aliphatic heterocycles. The highest BCUT2D eigenvalue weighted by atomic mass is 16.2. The van der Waals surface area contributed by atoms with Crippen molar-refractivity contribution in [2.75, 3.05) is 4.90 Å². The van der Waals surface area contributed by atoms with Gasteiger partial charge >= 0.3 is 6.03 Å². The number of anilines is 1. The van der Waals surface area contributed by atoms with E-state index in [1.54, 1.807) is 18.2 Å². The first-order valence-electron chi connectivity index (χ1n) is 8.75. The molecule has 0 bridgehead atoms. The lowest BCUT2D eigenvalue weighted by Crippen LogP contribution is -2.54. The predicted molar refractivity (Wildman–Crippen MR) is 106 cm³/mol. The van der Waals surface area contributed by atoms with Gasteiger partial charge in [-0.15, -0.1) is 0 Å². The summed E-state index contributed by atoms with van der Waals surface area (Å²) in [6.07, 6.45) is 1.57. The molecule has 0 spiro atoms. The Kier molecular flexibility index (Phi) is 4.70. The van der Waals surface area contributed by atoms with Crippen LogP contribution in [0.1, 0.15) is 33.4 Å². The highest BCUT2D eigenvalue weighted by Gasteiger charge is 2.37. The standard InChI is InChI=1S/C22H22N2O3/c1-12-8-15(4)18(16(5)9-12)11-19-20(25)23-22(27)24(21(19)26)17-7-6-13(2)14(3)10-17/h6-11H,1-5H3,(H,23,25,27)/b19-11+. The number of urea groups is 1. The van der Waals surface area contributed by atoms with E-state index in [-0.39, 0.29) is 5.57 Å². The van der Waals surface area contributed by atoms with E-state index in [4.69, 9.17) is 0 Å². The van der Waals surface area contributed by atoms with E-state index >= 15 is 0 Å². The fourth-order valence-corrected chi connectivity index (χ4v) is 3.32. The van der Waals surface area contributed by atoms with Crippen LogP contribution in [0.2, 0.25) is 0 Å².